The van der Waals surface area contributed by atoms with Crippen molar-refractivity contribution in [3.63, 3.8) is 0 Å². The maximum atomic E-state index is 10.7. The highest BCUT2D eigenvalue weighted by molar-refractivity contribution is 6.30. The molecule has 90 valence electrons. The number of hydrogen-bond donors (Lipinski definition) is 0. The number of rotatable bonds is 3. The molecule has 16 heavy (non-hydrogen) atoms. The fourth-order valence-electron chi connectivity index (χ4n) is 0.553. The second kappa shape index (κ2) is 7.21. The predicted octanol–water partition coefficient (Wildman–Crippen LogP) is -1.58. The van der Waals surface area contributed by atoms with Crippen LogP contribution in [0.2, 0.25) is 0 Å². The van der Waals surface area contributed by atoms with Gasteiger partial charge in [-0.1, -0.05) is 0 Å². The largest absolute Gasteiger partial charge is 0.461 e. The van der Waals surface area contributed by atoms with E-state index < -0.39 is 23.9 Å². The lowest BCUT2D eigenvalue weighted by Crippen LogP contribution is -2.24. The summed E-state index contributed by atoms with van der Waals surface area (Å²) in [6.07, 6.45) is 0. The van der Waals surface area contributed by atoms with E-state index in [0.29, 0.717) is 0 Å². The molecule has 0 saturated carbocycles. The van der Waals surface area contributed by atoms with Crippen molar-refractivity contribution in [3.05, 3.63) is 0 Å². The van der Waals surface area contributed by atoms with E-state index in [1.165, 1.54) is 0 Å². The van der Waals surface area contributed by atoms with Crippen molar-refractivity contribution in [3.8, 4) is 0 Å². The zero-order valence-corrected chi connectivity index (χ0v) is 8.68. The molecule has 0 N–H and O–H groups in total. The first-order chi connectivity index (χ1) is 7.52. The average Bonchev–Trinajstić information content (AvgIpc) is 2.31. The van der Waals surface area contributed by atoms with Gasteiger partial charge in [0.05, 0.1) is 14.2 Å². The van der Waals surface area contributed by atoms with Gasteiger partial charge in [-0.25, -0.2) is 19.2 Å². The van der Waals surface area contributed by atoms with Crippen molar-refractivity contribution in [2.45, 2.75) is 0 Å². The molecule has 0 radical (unpaired) electrons. The monoisotopic (exact) mass is 234 g/mol. The van der Waals surface area contributed by atoms with Crippen LogP contribution in [0.4, 0.5) is 0 Å². The van der Waals surface area contributed by atoms with E-state index in [-0.39, 0.29) is 13.2 Å². The van der Waals surface area contributed by atoms with Crippen molar-refractivity contribution in [2.75, 3.05) is 27.4 Å². The molecule has 8 heteroatoms. The number of carbonyl (C=O) groups excluding carboxylic acids is 4. The molecule has 0 aliphatic heterocycles. The van der Waals surface area contributed by atoms with Gasteiger partial charge in [0.25, 0.3) is 0 Å². The van der Waals surface area contributed by atoms with E-state index in [2.05, 4.69) is 18.9 Å². The normalized spacial score (nSPS) is 8.88. The minimum Gasteiger partial charge on any atom is -0.461 e. The lowest BCUT2D eigenvalue weighted by Gasteiger charge is -2.03. The van der Waals surface area contributed by atoms with Crippen LogP contribution in [0.3, 0.4) is 0 Å². The minimum atomic E-state index is -1.21. The van der Waals surface area contributed by atoms with Gasteiger partial charge in [0.15, 0.2) is 0 Å². The van der Waals surface area contributed by atoms with Crippen LogP contribution < -0.4 is 0 Å². The zero-order chi connectivity index (χ0) is 12.6. The lowest BCUT2D eigenvalue weighted by atomic mass is 10.6. The quantitative estimate of drug-likeness (QED) is 0.249. The van der Waals surface area contributed by atoms with Crippen LogP contribution in [-0.2, 0) is 38.1 Å². The number of ether oxygens (including phenoxy) is 4. The van der Waals surface area contributed by atoms with Gasteiger partial charge in [-0.2, -0.15) is 0 Å². The van der Waals surface area contributed by atoms with Gasteiger partial charge in [-0.15, -0.1) is 0 Å². The molecule has 0 aromatic heterocycles. The summed E-state index contributed by atoms with van der Waals surface area (Å²) in [5.74, 6) is -4.76. The highest BCUT2D eigenvalue weighted by atomic mass is 16.6. The van der Waals surface area contributed by atoms with Gasteiger partial charge in [-0.3, -0.25) is 0 Å². The molecular formula is C8H10O8. The Labute approximate surface area is 90.4 Å². The third-order valence-electron chi connectivity index (χ3n) is 1.25. The van der Waals surface area contributed by atoms with Gasteiger partial charge in [-0.05, 0) is 0 Å². The molecule has 0 fully saturated rings. The van der Waals surface area contributed by atoms with E-state index in [1.807, 2.05) is 0 Å². The summed E-state index contributed by atoms with van der Waals surface area (Å²) >= 11 is 0. The third kappa shape index (κ3) is 4.94. The highest BCUT2D eigenvalue weighted by Crippen LogP contribution is 1.86. The Morgan fingerprint density at radius 1 is 0.688 bits per heavy atom. The first-order valence-corrected chi connectivity index (χ1v) is 4.03. The topological polar surface area (TPSA) is 105 Å². The van der Waals surface area contributed by atoms with Crippen molar-refractivity contribution < 1.29 is 38.1 Å². The van der Waals surface area contributed by atoms with Gasteiger partial charge in [0.1, 0.15) is 13.2 Å². The van der Waals surface area contributed by atoms with Crippen LogP contribution in [0, 0.1) is 0 Å². The van der Waals surface area contributed by atoms with E-state index in [9.17, 15) is 19.2 Å². The Morgan fingerprint density at radius 2 is 1.00 bits per heavy atom. The molecule has 0 aliphatic carbocycles. The smallest absolute Gasteiger partial charge is 0.417 e. The second-order valence-corrected chi connectivity index (χ2v) is 2.26. The van der Waals surface area contributed by atoms with Crippen molar-refractivity contribution >= 4 is 23.9 Å². The first kappa shape index (κ1) is 13.9. The van der Waals surface area contributed by atoms with E-state index in [4.69, 9.17) is 0 Å². The van der Waals surface area contributed by atoms with Gasteiger partial charge < -0.3 is 18.9 Å². The Kier molecular flexibility index (Phi) is 6.25. The first-order valence-electron chi connectivity index (χ1n) is 4.03. The SMILES string of the molecule is COC(=O)C(=O)OCCOC(=O)C(=O)OC. The Balaban J connectivity index is 3.69. The molecular weight excluding hydrogens is 224 g/mol. The molecule has 0 spiro atoms. The molecule has 0 unspecified atom stereocenters. The fourth-order valence-corrected chi connectivity index (χ4v) is 0.553. The van der Waals surface area contributed by atoms with Gasteiger partial charge >= 0.3 is 23.9 Å². The Hall–Kier alpha value is -2.12. The van der Waals surface area contributed by atoms with Crippen molar-refractivity contribution in [2.24, 2.45) is 0 Å². The van der Waals surface area contributed by atoms with E-state index >= 15 is 0 Å². The van der Waals surface area contributed by atoms with Crippen molar-refractivity contribution in [1.82, 2.24) is 0 Å². The molecule has 0 aromatic carbocycles. The van der Waals surface area contributed by atoms with Crippen LogP contribution in [0.25, 0.3) is 0 Å². The number of methoxy groups -OCH3 is 2. The predicted molar refractivity (Wildman–Crippen MR) is 46.0 cm³/mol. The van der Waals surface area contributed by atoms with Crippen LogP contribution >= 0.6 is 0 Å². The second-order valence-electron chi connectivity index (χ2n) is 2.26. The molecule has 0 atom stereocenters. The molecule has 0 amide bonds. The van der Waals surface area contributed by atoms with E-state index in [0.717, 1.165) is 14.2 Å². The van der Waals surface area contributed by atoms with Crippen LogP contribution in [0.5, 0.6) is 0 Å². The van der Waals surface area contributed by atoms with Crippen LogP contribution in [0.1, 0.15) is 0 Å². The van der Waals surface area contributed by atoms with Gasteiger partial charge in [0.2, 0.25) is 0 Å². The summed E-state index contributed by atoms with van der Waals surface area (Å²) < 4.78 is 16.7. The number of hydrogen-bond acceptors (Lipinski definition) is 8. The zero-order valence-electron chi connectivity index (χ0n) is 8.68. The van der Waals surface area contributed by atoms with Crippen molar-refractivity contribution in [1.29, 1.82) is 0 Å². The summed E-state index contributed by atoms with van der Waals surface area (Å²) in [5.41, 5.74) is 0. The maximum Gasteiger partial charge on any atom is 0.417 e. The van der Waals surface area contributed by atoms with E-state index in [1.54, 1.807) is 0 Å². The minimum absolute atomic E-state index is 0.364. The standard InChI is InChI=1S/C8H10O8/c1-13-5(9)7(11)15-3-4-16-8(12)6(10)14-2/h3-4H2,1-2H3. The Bertz CT molecular complexity index is 264. The molecule has 0 bridgehead atoms. The lowest BCUT2D eigenvalue weighted by molar-refractivity contribution is -0.170. The number of carbonyl (C=O) groups is 4. The molecule has 0 saturated heterocycles. The van der Waals surface area contributed by atoms with Crippen LogP contribution in [-0.4, -0.2) is 51.3 Å². The summed E-state index contributed by atoms with van der Waals surface area (Å²) in [6, 6.07) is 0. The summed E-state index contributed by atoms with van der Waals surface area (Å²) in [7, 11) is 2.03. The summed E-state index contributed by atoms with van der Waals surface area (Å²) in [6.45, 7) is -0.729. The average molecular weight is 234 g/mol. The summed E-state index contributed by atoms with van der Waals surface area (Å²) in [5, 5.41) is 0. The molecule has 0 aliphatic rings. The fraction of sp³-hybridized carbons (Fsp3) is 0.500. The maximum absolute atomic E-state index is 10.7. The van der Waals surface area contributed by atoms with Gasteiger partial charge in [0, 0.05) is 0 Å². The third-order valence-corrected chi connectivity index (χ3v) is 1.25. The number of esters is 4. The molecule has 0 rings (SSSR count). The Morgan fingerprint density at radius 3 is 1.25 bits per heavy atom. The highest BCUT2D eigenvalue weighted by Gasteiger charge is 2.17. The molecule has 0 heterocycles. The molecule has 8 nitrogen and oxygen atoms in total. The van der Waals surface area contributed by atoms with Crippen LogP contribution in [0.15, 0.2) is 0 Å². The molecule has 0 aromatic rings. The summed E-state index contributed by atoms with van der Waals surface area (Å²) in [4.78, 5) is 42.4.